The number of rotatable bonds is 18. The summed E-state index contributed by atoms with van der Waals surface area (Å²) in [5.41, 5.74) is 5.07. The molecule has 1 saturated carbocycles. The molecule has 1 aromatic carbocycles. The molecule has 0 spiro atoms. The minimum Gasteiger partial charge on any atom is -0.481 e. The van der Waals surface area contributed by atoms with E-state index in [1.54, 1.807) is 12.1 Å². The maximum Gasteiger partial charge on any atom is 0.326 e. The van der Waals surface area contributed by atoms with Crippen LogP contribution in [0.3, 0.4) is 0 Å². The van der Waals surface area contributed by atoms with Crippen molar-refractivity contribution in [3.8, 4) is 0 Å². The fourth-order valence-corrected chi connectivity index (χ4v) is 5.93. The van der Waals surface area contributed by atoms with Crippen LogP contribution >= 0.6 is 0 Å². The van der Waals surface area contributed by atoms with E-state index < -0.39 is 63.1 Å². The van der Waals surface area contributed by atoms with Crippen molar-refractivity contribution in [2.45, 2.75) is 76.8 Å². The molecule has 1 aromatic rings. The number of carbonyl (C=O) groups is 5. The molecular formula is C28H43N5O9S. The van der Waals surface area contributed by atoms with Gasteiger partial charge in [0.1, 0.15) is 12.1 Å². The third kappa shape index (κ3) is 11.8. The van der Waals surface area contributed by atoms with Gasteiger partial charge in [-0.2, -0.15) is 0 Å². The summed E-state index contributed by atoms with van der Waals surface area (Å²) in [5, 5.41) is 27.6. The number of benzene rings is 1. The zero-order valence-electron chi connectivity index (χ0n) is 24.6. The summed E-state index contributed by atoms with van der Waals surface area (Å²) in [6.45, 7) is 1.42. The van der Waals surface area contributed by atoms with Crippen molar-refractivity contribution in [3.63, 3.8) is 0 Å². The van der Waals surface area contributed by atoms with Crippen LogP contribution in [0.15, 0.2) is 24.3 Å². The zero-order valence-corrected chi connectivity index (χ0v) is 25.4. The highest BCUT2D eigenvalue weighted by molar-refractivity contribution is 7.92. The van der Waals surface area contributed by atoms with E-state index in [2.05, 4.69) is 20.7 Å². The molecule has 8 N–H and O–H groups in total. The van der Waals surface area contributed by atoms with Crippen molar-refractivity contribution >= 4 is 45.4 Å². The molecule has 0 aliphatic heterocycles. The van der Waals surface area contributed by atoms with E-state index in [0.717, 1.165) is 6.26 Å². The molecule has 3 atom stereocenters. The number of sulfonamides is 1. The molecule has 0 radical (unpaired) electrons. The maximum atomic E-state index is 13.6. The SMILES string of the molecule is CC(=O)N[C@@H](CCCCN)C(=O)NCC(CC1(C(=O)N[C@@H](Cc2cccc(NS(C)(=O)=O)c2)C(=O)O)CCCC1)C(=O)O. The minimum absolute atomic E-state index is 0.119. The van der Waals surface area contributed by atoms with E-state index in [-0.39, 0.29) is 25.1 Å². The number of carbonyl (C=O) groups excluding carboxylic acids is 3. The second kappa shape index (κ2) is 16.2. The Hall–Kier alpha value is -3.72. The number of hydrogen-bond acceptors (Lipinski definition) is 8. The maximum absolute atomic E-state index is 13.6. The first-order valence-electron chi connectivity index (χ1n) is 14.2. The molecule has 240 valence electrons. The molecule has 3 amide bonds. The summed E-state index contributed by atoms with van der Waals surface area (Å²) < 4.78 is 25.5. The van der Waals surface area contributed by atoms with Crippen molar-refractivity contribution in [1.29, 1.82) is 0 Å². The number of anilines is 1. The quantitative estimate of drug-likeness (QED) is 0.112. The number of aliphatic carboxylic acids is 2. The van der Waals surface area contributed by atoms with Gasteiger partial charge in [-0.25, -0.2) is 13.2 Å². The lowest BCUT2D eigenvalue weighted by molar-refractivity contribution is -0.147. The Balaban J connectivity index is 2.15. The van der Waals surface area contributed by atoms with Gasteiger partial charge in [0.05, 0.1) is 17.6 Å². The molecule has 1 aliphatic carbocycles. The fraction of sp³-hybridized carbons (Fsp3) is 0.607. The van der Waals surface area contributed by atoms with Gasteiger partial charge >= 0.3 is 11.9 Å². The highest BCUT2D eigenvalue weighted by atomic mass is 32.2. The van der Waals surface area contributed by atoms with E-state index in [9.17, 15) is 42.6 Å². The van der Waals surface area contributed by atoms with Crippen LogP contribution in [0.4, 0.5) is 5.69 Å². The first-order chi connectivity index (χ1) is 20.2. The number of carboxylic acids is 2. The second-order valence-electron chi connectivity index (χ2n) is 11.2. The highest BCUT2D eigenvalue weighted by Gasteiger charge is 2.45. The van der Waals surface area contributed by atoms with Crippen LogP contribution in [0.2, 0.25) is 0 Å². The van der Waals surface area contributed by atoms with Crippen molar-refractivity contribution in [2.75, 3.05) is 24.1 Å². The summed E-state index contributed by atoms with van der Waals surface area (Å²) in [4.78, 5) is 62.3. The fourth-order valence-electron chi connectivity index (χ4n) is 5.37. The largest absolute Gasteiger partial charge is 0.481 e. The van der Waals surface area contributed by atoms with Crippen molar-refractivity contribution in [3.05, 3.63) is 29.8 Å². The summed E-state index contributed by atoms with van der Waals surface area (Å²) in [5.74, 6) is -5.19. The molecule has 43 heavy (non-hydrogen) atoms. The van der Waals surface area contributed by atoms with Gasteiger partial charge in [-0.1, -0.05) is 25.0 Å². The van der Waals surface area contributed by atoms with Gasteiger partial charge in [0.15, 0.2) is 0 Å². The number of amides is 3. The summed E-state index contributed by atoms with van der Waals surface area (Å²) in [7, 11) is -3.55. The average Bonchev–Trinajstić information content (AvgIpc) is 3.38. The van der Waals surface area contributed by atoms with E-state index >= 15 is 0 Å². The van der Waals surface area contributed by atoms with Gasteiger partial charge < -0.3 is 31.9 Å². The van der Waals surface area contributed by atoms with Gasteiger partial charge in [0.25, 0.3) is 0 Å². The third-order valence-electron chi connectivity index (χ3n) is 7.47. The summed E-state index contributed by atoms with van der Waals surface area (Å²) >= 11 is 0. The third-order valence-corrected chi connectivity index (χ3v) is 8.07. The molecule has 2 rings (SSSR count). The van der Waals surface area contributed by atoms with Crippen LogP contribution in [-0.2, 0) is 40.4 Å². The number of unbranched alkanes of at least 4 members (excludes halogenated alkanes) is 1. The molecular weight excluding hydrogens is 582 g/mol. The Kier molecular flexibility index (Phi) is 13.4. The van der Waals surface area contributed by atoms with Gasteiger partial charge in [0.2, 0.25) is 27.7 Å². The number of nitrogens with one attached hydrogen (secondary N) is 4. The summed E-state index contributed by atoms with van der Waals surface area (Å²) in [6, 6.07) is 3.94. The van der Waals surface area contributed by atoms with Crippen molar-refractivity contribution in [2.24, 2.45) is 17.1 Å². The molecule has 0 heterocycles. The predicted octanol–water partition coefficient (Wildman–Crippen LogP) is 0.571. The van der Waals surface area contributed by atoms with Crippen LogP contribution in [0.25, 0.3) is 0 Å². The number of hydrogen-bond donors (Lipinski definition) is 7. The van der Waals surface area contributed by atoms with E-state index in [1.807, 2.05) is 0 Å². The van der Waals surface area contributed by atoms with Gasteiger partial charge in [-0.3, -0.25) is 23.9 Å². The Morgan fingerprint density at radius 1 is 1.00 bits per heavy atom. The van der Waals surface area contributed by atoms with Gasteiger partial charge in [-0.05, 0) is 62.8 Å². The summed E-state index contributed by atoms with van der Waals surface area (Å²) in [6.07, 6.45) is 4.30. The Morgan fingerprint density at radius 3 is 2.23 bits per heavy atom. The molecule has 14 nitrogen and oxygen atoms in total. The predicted molar refractivity (Wildman–Crippen MR) is 158 cm³/mol. The monoisotopic (exact) mass is 625 g/mol. The molecule has 0 bridgehead atoms. The van der Waals surface area contributed by atoms with Crippen molar-refractivity contribution in [1.82, 2.24) is 16.0 Å². The molecule has 1 aliphatic rings. The van der Waals surface area contributed by atoms with E-state index in [4.69, 9.17) is 5.73 Å². The highest BCUT2D eigenvalue weighted by Crippen LogP contribution is 2.43. The van der Waals surface area contributed by atoms with Crippen LogP contribution < -0.4 is 26.4 Å². The zero-order chi connectivity index (χ0) is 32.2. The lowest BCUT2D eigenvalue weighted by Gasteiger charge is -2.32. The van der Waals surface area contributed by atoms with Gasteiger partial charge in [0, 0.05) is 25.6 Å². The standard InChI is InChI=1S/C28H43N5O9S/c1-18(34)31-22(10-3-6-13-29)24(35)30-17-20(25(36)37)16-28(11-4-5-12-28)27(40)32-23(26(38)39)15-19-8-7-9-21(14-19)33-43(2,41)42/h7-9,14,20,22-23,33H,3-6,10-13,15-17,29H2,1-2H3,(H,30,35)(H,31,34)(H,32,40)(H,36,37)(H,38,39)/t20?,22-,23-/m0/s1. The smallest absolute Gasteiger partial charge is 0.326 e. The Morgan fingerprint density at radius 2 is 1.67 bits per heavy atom. The minimum atomic E-state index is -3.55. The normalized spacial score (nSPS) is 16.3. The molecule has 15 heteroatoms. The first kappa shape index (κ1) is 35.5. The van der Waals surface area contributed by atoms with Crippen LogP contribution in [0.5, 0.6) is 0 Å². The molecule has 1 fully saturated rings. The lowest BCUT2D eigenvalue weighted by atomic mass is 9.76. The van der Waals surface area contributed by atoms with Crippen LogP contribution in [-0.4, -0.2) is 79.7 Å². The molecule has 0 saturated heterocycles. The van der Waals surface area contributed by atoms with E-state index in [1.165, 1.54) is 19.1 Å². The van der Waals surface area contributed by atoms with Gasteiger partial charge in [-0.15, -0.1) is 0 Å². The lowest BCUT2D eigenvalue weighted by Crippen LogP contribution is -2.51. The number of carboxylic acid groups (broad SMARTS) is 2. The van der Waals surface area contributed by atoms with Crippen LogP contribution in [0, 0.1) is 11.3 Å². The topological polar surface area (TPSA) is 234 Å². The van der Waals surface area contributed by atoms with Crippen LogP contribution in [0.1, 0.15) is 63.9 Å². The Labute approximate surface area is 251 Å². The second-order valence-corrected chi connectivity index (χ2v) is 12.9. The Bertz CT molecular complexity index is 1260. The van der Waals surface area contributed by atoms with E-state index in [0.29, 0.717) is 57.1 Å². The molecule has 0 aromatic heterocycles. The average molecular weight is 626 g/mol. The number of nitrogens with two attached hydrogens (primary N) is 1. The first-order valence-corrected chi connectivity index (χ1v) is 16.1. The molecule has 1 unspecified atom stereocenters. The van der Waals surface area contributed by atoms with Crippen molar-refractivity contribution < 1.29 is 42.6 Å².